The lowest BCUT2D eigenvalue weighted by molar-refractivity contribution is -0.185. The van der Waals surface area contributed by atoms with Crippen molar-refractivity contribution in [2.45, 2.75) is 65.4 Å². The number of fused-ring (bicyclic) bond motifs is 5. The SMILES string of the molecule is C=C1C[C@](OC(C)=O)(C(C)=O)[C@@]2(C)CC[C@@H]3[C@@H](C=C(F)C4=CC(=O)CC[C@]43C)[C@H]12. The van der Waals surface area contributed by atoms with E-state index in [-0.39, 0.29) is 35.1 Å². The van der Waals surface area contributed by atoms with E-state index in [1.165, 1.54) is 19.9 Å². The van der Waals surface area contributed by atoms with Gasteiger partial charge in [0.15, 0.2) is 17.2 Å². The third-order valence-corrected chi connectivity index (χ3v) is 8.46. The summed E-state index contributed by atoms with van der Waals surface area (Å²) in [7, 11) is 0. The van der Waals surface area contributed by atoms with Crippen LogP contribution in [0, 0.1) is 28.6 Å². The number of hydrogen-bond donors (Lipinski definition) is 0. The van der Waals surface area contributed by atoms with Crippen molar-refractivity contribution in [2.24, 2.45) is 28.6 Å². The zero-order valence-corrected chi connectivity index (χ0v) is 17.6. The van der Waals surface area contributed by atoms with Crippen molar-refractivity contribution >= 4 is 17.5 Å². The van der Waals surface area contributed by atoms with E-state index in [0.717, 1.165) is 12.0 Å². The highest BCUT2D eigenvalue weighted by Crippen LogP contribution is 2.69. The van der Waals surface area contributed by atoms with Crippen molar-refractivity contribution < 1.29 is 23.5 Å². The van der Waals surface area contributed by atoms with Gasteiger partial charge in [0.05, 0.1) is 0 Å². The molecule has 0 saturated heterocycles. The molecule has 29 heavy (non-hydrogen) atoms. The van der Waals surface area contributed by atoms with Crippen LogP contribution in [0.2, 0.25) is 0 Å². The van der Waals surface area contributed by atoms with Gasteiger partial charge in [-0.25, -0.2) is 4.39 Å². The summed E-state index contributed by atoms with van der Waals surface area (Å²) in [4.78, 5) is 36.7. The molecule has 0 aromatic carbocycles. The quantitative estimate of drug-likeness (QED) is 0.500. The second kappa shape index (κ2) is 6.23. The van der Waals surface area contributed by atoms with Gasteiger partial charge in [-0.05, 0) is 67.1 Å². The zero-order valence-electron chi connectivity index (χ0n) is 17.6. The second-order valence-electron chi connectivity index (χ2n) is 9.89. The second-order valence-corrected chi connectivity index (χ2v) is 9.89. The molecule has 0 bridgehead atoms. The summed E-state index contributed by atoms with van der Waals surface area (Å²) in [5.41, 5.74) is -0.885. The van der Waals surface area contributed by atoms with Crippen molar-refractivity contribution in [1.29, 1.82) is 0 Å². The molecule has 0 radical (unpaired) electrons. The van der Waals surface area contributed by atoms with Gasteiger partial charge >= 0.3 is 5.97 Å². The minimum Gasteiger partial charge on any atom is -0.450 e. The van der Waals surface area contributed by atoms with Crippen molar-refractivity contribution in [3.8, 4) is 0 Å². The van der Waals surface area contributed by atoms with E-state index >= 15 is 4.39 Å². The van der Waals surface area contributed by atoms with Crippen LogP contribution in [0.3, 0.4) is 0 Å². The highest BCUT2D eigenvalue weighted by molar-refractivity contribution is 5.92. The standard InChI is InChI=1S/C24H29FO4/c1-13-12-24(14(2)26,29-15(3)27)23(5)9-7-18-17(21(13)23)11-20(25)19-10-16(28)6-8-22(18,19)4/h10-11,17-18,21H,1,6-9,12H2,2-5H3/t17-,18-,21+,22+,23+,24+/m1/s1. The van der Waals surface area contributed by atoms with Crippen LogP contribution in [0.5, 0.6) is 0 Å². The lowest BCUT2D eigenvalue weighted by Crippen LogP contribution is -2.58. The van der Waals surface area contributed by atoms with E-state index in [2.05, 4.69) is 13.5 Å². The zero-order chi connectivity index (χ0) is 21.4. The average molecular weight is 400 g/mol. The number of esters is 1. The van der Waals surface area contributed by atoms with E-state index < -0.39 is 22.4 Å². The fraction of sp³-hybridized carbons (Fsp3) is 0.625. The Bertz CT molecular complexity index is 899. The monoisotopic (exact) mass is 400 g/mol. The first-order chi connectivity index (χ1) is 13.5. The van der Waals surface area contributed by atoms with Crippen molar-refractivity contribution in [1.82, 2.24) is 0 Å². The Balaban J connectivity index is 1.85. The van der Waals surface area contributed by atoms with Crippen LogP contribution in [-0.4, -0.2) is 23.1 Å². The van der Waals surface area contributed by atoms with Crippen molar-refractivity contribution in [3.63, 3.8) is 0 Å². The Morgan fingerprint density at radius 2 is 1.93 bits per heavy atom. The molecule has 4 aliphatic carbocycles. The Labute approximate surface area is 171 Å². The normalized spacial score (nSPS) is 43.6. The minimum absolute atomic E-state index is 0.0177. The summed E-state index contributed by atoms with van der Waals surface area (Å²) in [6.07, 6.45) is 5.97. The summed E-state index contributed by atoms with van der Waals surface area (Å²) in [5, 5.41) is 0. The molecule has 4 rings (SSSR count). The Kier molecular flexibility index (Phi) is 4.35. The highest BCUT2D eigenvalue weighted by atomic mass is 19.1. The predicted molar refractivity (Wildman–Crippen MR) is 106 cm³/mol. The van der Waals surface area contributed by atoms with Gasteiger partial charge in [-0.1, -0.05) is 26.0 Å². The summed E-state index contributed by atoms with van der Waals surface area (Å²) in [5.74, 6) is -1.11. The third kappa shape index (κ3) is 2.52. The highest BCUT2D eigenvalue weighted by Gasteiger charge is 2.69. The first kappa shape index (κ1) is 20.2. The van der Waals surface area contributed by atoms with E-state index in [1.807, 2.05) is 6.92 Å². The number of allylic oxidation sites excluding steroid dienone is 4. The number of Topliss-reactive ketones (excluding diaryl/α,β-unsaturated/α-hetero) is 1. The third-order valence-electron chi connectivity index (χ3n) is 8.46. The van der Waals surface area contributed by atoms with Crippen LogP contribution in [-0.2, 0) is 19.1 Å². The van der Waals surface area contributed by atoms with Gasteiger partial charge in [-0.3, -0.25) is 14.4 Å². The van der Waals surface area contributed by atoms with Gasteiger partial charge in [-0.15, -0.1) is 0 Å². The van der Waals surface area contributed by atoms with Crippen LogP contribution in [0.4, 0.5) is 4.39 Å². The molecule has 0 heterocycles. The molecule has 5 heteroatoms. The maximum absolute atomic E-state index is 15.2. The van der Waals surface area contributed by atoms with Crippen molar-refractivity contribution in [3.05, 3.63) is 35.7 Å². The summed E-state index contributed by atoms with van der Waals surface area (Å²) < 4.78 is 21.0. The molecule has 156 valence electrons. The van der Waals surface area contributed by atoms with E-state index in [9.17, 15) is 14.4 Å². The fourth-order valence-electron chi connectivity index (χ4n) is 7.12. The minimum atomic E-state index is -1.24. The van der Waals surface area contributed by atoms with Gasteiger partial charge in [0.1, 0.15) is 5.83 Å². The molecular weight excluding hydrogens is 371 g/mol. The molecule has 0 N–H and O–H groups in total. The summed E-state index contributed by atoms with van der Waals surface area (Å²) in [6, 6.07) is 0. The van der Waals surface area contributed by atoms with Crippen LogP contribution in [0.25, 0.3) is 0 Å². The van der Waals surface area contributed by atoms with E-state index in [0.29, 0.717) is 31.3 Å². The molecule has 6 atom stereocenters. The van der Waals surface area contributed by atoms with Gasteiger partial charge in [0, 0.05) is 25.2 Å². The first-order valence-corrected chi connectivity index (χ1v) is 10.5. The molecule has 4 aliphatic rings. The molecule has 0 aliphatic heterocycles. The maximum Gasteiger partial charge on any atom is 0.303 e. The number of carbonyl (C=O) groups excluding carboxylic acids is 3. The van der Waals surface area contributed by atoms with E-state index in [4.69, 9.17) is 4.74 Å². The molecule has 4 nitrogen and oxygen atoms in total. The average Bonchev–Trinajstić information content (AvgIpc) is 2.84. The molecule has 0 unspecified atom stereocenters. The Morgan fingerprint density at radius 1 is 1.24 bits per heavy atom. The molecule has 0 aromatic rings. The molecule has 0 aromatic heterocycles. The van der Waals surface area contributed by atoms with Crippen LogP contribution in [0.1, 0.15) is 59.8 Å². The van der Waals surface area contributed by atoms with Gasteiger partial charge in [0.2, 0.25) is 0 Å². The number of carbonyl (C=O) groups is 3. The molecular formula is C24H29FO4. The predicted octanol–water partition coefficient (Wildman–Crippen LogP) is 4.65. The van der Waals surface area contributed by atoms with Gasteiger partial charge in [0.25, 0.3) is 0 Å². The number of rotatable bonds is 2. The maximum atomic E-state index is 15.2. The fourth-order valence-corrected chi connectivity index (χ4v) is 7.12. The number of halogens is 1. The van der Waals surface area contributed by atoms with E-state index in [1.54, 1.807) is 6.08 Å². The first-order valence-electron chi connectivity index (χ1n) is 10.5. The topological polar surface area (TPSA) is 60.4 Å². The Morgan fingerprint density at radius 3 is 2.55 bits per heavy atom. The van der Waals surface area contributed by atoms with Crippen LogP contribution >= 0.6 is 0 Å². The summed E-state index contributed by atoms with van der Waals surface area (Å²) >= 11 is 0. The van der Waals surface area contributed by atoms with Gasteiger partial charge in [-0.2, -0.15) is 0 Å². The Hall–Kier alpha value is -2.04. The summed E-state index contributed by atoms with van der Waals surface area (Å²) in [6.45, 7) is 11.1. The van der Waals surface area contributed by atoms with Crippen LogP contribution in [0.15, 0.2) is 35.7 Å². The number of ketones is 2. The number of hydrogen-bond acceptors (Lipinski definition) is 4. The smallest absolute Gasteiger partial charge is 0.303 e. The lowest BCUT2D eigenvalue weighted by atomic mass is 9.47. The number of ether oxygens (including phenoxy) is 1. The largest absolute Gasteiger partial charge is 0.450 e. The van der Waals surface area contributed by atoms with Gasteiger partial charge < -0.3 is 4.74 Å². The molecule has 2 fully saturated rings. The van der Waals surface area contributed by atoms with Crippen LogP contribution < -0.4 is 0 Å². The molecule has 0 spiro atoms. The molecule has 0 amide bonds. The lowest BCUT2D eigenvalue weighted by Gasteiger charge is -2.57. The van der Waals surface area contributed by atoms with Crippen molar-refractivity contribution in [2.75, 3.05) is 0 Å². The molecule has 2 saturated carbocycles.